The van der Waals surface area contributed by atoms with Gasteiger partial charge in [-0.05, 0) is 37.1 Å². The van der Waals surface area contributed by atoms with Crippen LogP contribution in [0.25, 0.3) is 0 Å². The van der Waals surface area contributed by atoms with Crippen molar-refractivity contribution in [2.75, 3.05) is 0 Å². The Balaban J connectivity index is 3.17. The molecule has 0 N–H and O–H groups in total. The second-order valence-corrected chi connectivity index (χ2v) is 3.24. The molecule has 0 saturated carbocycles. The summed E-state index contributed by atoms with van der Waals surface area (Å²) in [5, 5.41) is 0.787. The largest absolute Gasteiger partial charge is 0.257 e. The first-order valence-corrected chi connectivity index (χ1v) is 4.45. The Morgan fingerprint density at radius 3 is 2.62 bits per heavy atom. The lowest BCUT2D eigenvalue weighted by atomic mass is 10.1. The molecule has 1 rings (SSSR count). The van der Waals surface area contributed by atoms with Crippen molar-refractivity contribution in [3.8, 4) is 0 Å². The summed E-state index contributed by atoms with van der Waals surface area (Å²) >= 11 is 5.95. The lowest BCUT2D eigenvalue weighted by molar-refractivity contribution is 1.31. The van der Waals surface area contributed by atoms with E-state index in [0.29, 0.717) is 0 Å². The zero-order chi connectivity index (χ0) is 9.84. The third-order valence-electron chi connectivity index (χ3n) is 2.01. The Morgan fingerprint density at radius 2 is 2.00 bits per heavy atom. The SMILES string of the molecule is C=CC=Nc1ccc(Cl)c(C)c1C. The lowest BCUT2D eigenvalue weighted by Gasteiger charge is -2.05. The number of rotatable bonds is 2. The molecule has 0 saturated heterocycles. The van der Waals surface area contributed by atoms with E-state index in [1.807, 2.05) is 26.0 Å². The van der Waals surface area contributed by atoms with Crippen LogP contribution in [0.4, 0.5) is 5.69 Å². The maximum absolute atomic E-state index is 5.95. The normalized spacial score (nSPS) is 10.7. The number of hydrogen-bond acceptors (Lipinski definition) is 1. The van der Waals surface area contributed by atoms with Crippen LogP contribution in [0.1, 0.15) is 11.1 Å². The van der Waals surface area contributed by atoms with Gasteiger partial charge in [0, 0.05) is 11.2 Å². The minimum atomic E-state index is 0.787. The summed E-state index contributed by atoms with van der Waals surface area (Å²) in [6.07, 6.45) is 3.33. The molecule has 0 aliphatic carbocycles. The first kappa shape index (κ1) is 10.0. The number of hydrogen-bond donors (Lipinski definition) is 0. The van der Waals surface area contributed by atoms with Gasteiger partial charge < -0.3 is 0 Å². The monoisotopic (exact) mass is 193 g/mol. The highest BCUT2D eigenvalue weighted by atomic mass is 35.5. The third-order valence-corrected chi connectivity index (χ3v) is 2.42. The molecule has 0 aliphatic heterocycles. The minimum absolute atomic E-state index is 0.787. The topological polar surface area (TPSA) is 12.4 Å². The summed E-state index contributed by atoms with van der Waals surface area (Å²) in [4.78, 5) is 4.22. The van der Waals surface area contributed by atoms with Crippen molar-refractivity contribution in [2.24, 2.45) is 4.99 Å². The van der Waals surface area contributed by atoms with Gasteiger partial charge in [-0.2, -0.15) is 0 Å². The van der Waals surface area contributed by atoms with E-state index in [9.17, 15) is 0 Å². The fourth-order valence-electron chi connectivity index (χ4n) is 1.05. The summed E-state index contributed by atoms with van der Waals surface area (Å²) in [7, 11) is 0. The molecule has 0 aromatic heterocycles. The molecule has 0 amide bonds. The van der Waals surface area contributed by atoms with Crippen LogP contribution in [-0.4, -0.2) is 6.21 Å². The summed E-state index contributed by atoms with van der Waals surface area (Å²) in [6.45, 7) is 7.57. The first-order chi connectivity index (χ1) is 6.16. The Bertz CT molecular complexity index is 353. The Kier molecular flexibility index (Phi) is 3.26. The highest BCUT2D eigenvalue weighted by Gasteiger charge is 2.02. The van der Waals surface area contributed by atoms with E-state index in [1.54, 1.807) is 12.3 Å². The molecule has 0 fully saturated rings. The first-order valence-electron chi connectivity index (χ1n) is 4.07. The molecular weight excluding hydrogens is 182 g/mol. The Morgan fingerprint density at radius 1 is 1.31 bits per heavy atom. The molecule has 0 radical (unpaired) electrons. The van der Waals surface area contributed by atoms with E-state index < -0.39 is 0 Å². The molecule has 0 heterocycles. The molecule has 2 heteroatoms. The van der Waals surface area contributed by atoms with Crippen molar-refractivity contribution in [2.45, 2.75) is 13.8 Å². The van der Waals surface area contributed by atoms with Gasteiger partial charge in [-0.1, -0.05) is 24.3 Å². The van der Waals surface area contributed by atoms with E-state index in [2.05, 4.69) is 11.6 Å². The molecule has 1 aromatic rings. The number of allylic oxidation sites excluding steroid dienone is 1. The summed E-state index contributed by atoms with van der Waals surface area (Å²) in [5.41, 5.74) is 3.15. The van der Waals surface area contributed by atoms with Crippen molar-refractivity contribution < 1.29 is 0 Å². The van der Waals surface area contributed by atoms with Crippen LogP contribution in [0.15, 0.2) is 29.8 Å². The van der Waals surface area contributed by atoms with Gasteiger partial charge in [0.25, 0.3) is 0 Å². The zero-order valence-electron chi connectivity index (χ0n) is 7.84. The Labute approximate surface area is 83.8 Å². The highest BCUT2D eigenvalue weighted by Crippen LogP contribution is 2.27. The second-order valence-electron chi connectivity index (χ2n) is 2.83. The average Bonchev–Trinajstić information content (AvgIpc) is 2.13. The predicted molar refractivity (Wildman–Crippen MR) is 59.3 cm³/mol. The highest BCUT2D eigenvalue weighted by molar-refractivity contribution is 6.31. The van der Waals surface area contributed by atoms with E-state index in [4.69, 9.17) is 11.6 Å². The van der Waals surface area contributed by atoms with Crippen LogP contribution in [0.3, 0.4) is 0 Å². The van der Waals surface area contributed by atoms with Crippen molar-refractivity contribution >= 4 is 23.5 Å². The smallest absolute Gasteiger partial charge is 0.0662 e. The van der Waals surface area contributed by atoms with Crippen LogP contribution in [-0.2, 0) is 0 Å². The van der Waals surface area contributed by atoms with Crippen molar-refractivity contribution in [1.82, 2.24) is 0 Å². The fraction of sp³-hybridized carbons (Fsp3) is 0.182. The molecule has 0 aliphatic rings. The summed E-state index contributed by atoms with van der Waals surface area (Å²) in [6, 6.07) is 3.77. The van der Waals surface area contributed by atoms with Gasteiger partial charge >= 0.3 is 0 Å². The van der Waals surface area contributed by atoms with Crippen LogP contribution in [0.5, 0.6) is 0 Å². The van der Waals surface area contributed by atoms with Crippen LogP contribution in [0.2, 0.25) is 5.02 Å². The maximum Gasteiger partial charge on any atom is 0.0662 e. The minimum Gasteiger partial charge on any atom is -0.257 e. The number of benzene rings is 1. The fourth-order valence-corrected chi connectivity index (χ4v) is 1.25. The van der Waals surface area contributed by atoms with Crippen molar-refractivity contribution in [3.63, 3.8) is 0 Å². The van der Waals surface area contributed by atoms with E-state index in [0.717, 1.165) is 21.8 Å². The van der Waals surface area contributed by atoms with Crippen molar-refractivity contribution in [1.29, 1.82) is 0 Å². The molecule has 0 unspecified atom stereocenters. The van der Waals surface area contributed by atoms with Gasteiger partial charge in [-0.25, -0.2) is 0 Å². The second kappa shape index (κ2) is 4.24. The maximum atomic E-state index is 5.95. The molecular formula is C11H12ClN. The van der Waals surface area contributed by atoms with Gasteiger partial charge in [0.05, 0.1) is 5.69 Å². The molecule has 13 heavy (non-hydrogen) atoms. The summed E-state index contributed by atoms with van der Waals surface area (Å²) < 4.78 is 0. The lowest BCUT2D eigenvalue weighted by Crippen LogP contribution is -1.82. The average molecular weight is 194 g/mol. The molecule has 1 aromatic carbocycles. The van der Waals surface area contributed by atoms with E-state index in [1.165, 1.54) is 0 Å². The van der Waals surface area contributed by atoms with Crippen molar-refractivity contribution in [3.05, 3.63) is 40.9 Å². The number of aliphatic imine (C=N–C) groups is 1. The van der Waals surface area contributed by atoms with Crippen LogP contribution < -0.4 is 0 Å². The Hall–Kier alpha value is -1.08. The van der Waals surface area contributed by atoms with Crippen LogP contribution in [0, 0.1) is 13.8 Å². The predicted octanol–water partition coefficient (Wildman–Crippen LogP) is 3.85. The molecule has 1 nitrogen and oxygen atoms in total. The third kappa shape index (κ3) is 2.19. The van der Waals surface area contributed by atoms with Crippen LogP contribution >= 0.6 is 11.6 Å². The standard InChI is InChI=1S/C11H12ClN/c1-4-7-13-11-6-5-10(12)8(2)9(11)3/h4-7H,1H2,2-3H3. The van der Waals surface area contributed by atoms with Gasteiger partial charge in [0.1, 0.15) is 0 Å². The molecule has 0 spiro atoms. The summed E-state index contributed by atoms with van der Waals surface area (Å²) in [5.74, 6) is 0. The van der Waals surface area contributed by atoms with E-state index in [-0.39, 0.29) is 0 Å². The molecule has 0 bridgehead atoms. The van der Waals surface area contributed by atoms with Gasteiger partial charge in [-0.15, -0.1) is 0 Å². The van der Waals surface area contributed by atoms with Gasteiger partial charge in [-0.3, -0.25) is 4.99 Å². The number of halogens is 1. The number of nitrogens with zero attached hydrogens (tertiary/aromatic N) is 1. The van der Waals surface area contributed by atoms with E-state index >= 15 is 0 Å². The van der Waals surface area contributed by atoms with Gasteiger partial charge in [0.15, 0.2) is 0 Å². The molecule has 68 valence electrons. The quantitative estimate of drug-likeness (QED) is 0.633. The van der Waals surface area contributed by atoms with Gasteiger partial charge in [0.2, 0.25) is 0 Å². The molecule has 0 atom stereocenters. The zero-order valence-corrected chi connectivity index (χ0v) is 8.60.